The van der Waals surface area contributed by atoms with Gasteiger partial charge in [0.1, 0.15) is 17.2 Å². The molecule has 7 heteroatoms. The van der Waals surface area contributed by atoms with Gasteiger partial charge in [-0.3, -0.25) is 0 Å². The van der Waals surface area contributed by atoms with Crippen LogP contribution in [0, 0.1) is 0 Å². The lowest BCUT2D eigenvalue weighted by molar-refractivity contribution is 0.169. The molecule has 0 spiro atoms. The molecule has 1 aromatic heterocycles. The van der Waals surface area contributed by atoms with E-state index in [4.69, 9.17) is 14.0 Å². The topological polar surface area (TPSA) is 76.8 Å². The van der Waals surface area contributed by atoms with Crippen LogP contribution in [0.1, 0.15) is 40.3 Å². The maximum absolute atomic E-state index is 12.6. The van der Waals surface area contributed by atoms with Crippen LogP contribution in [0.2, 0.25) is 0 Å². The molecule has 7 nitrogen and oxygen atoms in total. The van der Waals surface area contributed by atoms with E-state index in [1.165, 1.54) is 0 Å². The number of hydrogen-bond donors (Lipinski definition) is 1. The summed E-state index contributed by atoms with van der Waals surface area (Å²) in [6.07, 6.45) is 0. The predicted molar refractivity (Wildman–Crippen MR) is 104 cm³/mol. The zero-order chi connectivity index (χ0) is 20.2. The minimum Gasteiger partial charge on any atom is -0.497 e. The Labute approximate surface area is 160 Å². The van der Waals surface area contributed by atoms with Crippen molar-refractivity contribution in [3.63, 3.8) is 0 Å². The molecule has 0 atom stereocenters. The van der Waals surface area contributed by atoms with Crippen LogP contribution < -0.4 is 14.8 Å². The van der Waals surface area contributed by atoms with Gasteiger partial charge in [0.05, 0.1) is 26.3 Å². The number of carbonyl (C=O) groups is 1. The molecule has 0 fully saturated rings. The van der Waals surface area contributed by atoms with Crippen LogP contribution in [0.5, 0.6) is 11.5 Å². The Kier molecular flexibility index (Phi) is 6.36. The normalized spacial score (nSPS) is 11.4. The molecule has 1 N–H and O–H groups in total. The number of carbonyl (C=O) groups excluding carboxylic acids is 1. The lowest BCUT2D eigenvalue weighted by atomic mass is 10.1. The Bertz CT molecular complexity index is 778. The molecule has 0 unspecified atom stereocenters. The summed E-state index contributed by atoms with van der Waals surface area (Å²) in [4.78, 5) is 14.3. The molecule has 1 aromatic carbocycles. The first-order valence-electron chi connectivity index (χ1n) is 8.91. The lowest BCUT2D eigenvalue weighted by Crippen LogP contribution is -2.50. The van der Waals surface area contributed by atoms with Gasteiger partial charge in [-0.25, -0.2) is 4.79 Å². The van der Waals surface area contributed by atoms with Gasteiger partial charge in [-0.2, -0.15) is 0 Å². The molecule has 0 aliphatic carbocycles. The summed E-state index contributed by atoms with van der Waals surface area (Å²) >= 11 is 0. The Morgan fingerprint density at radius 1 is 1.22 bits per heavy atom. The third-order valence-electron chi connectivity index (χ3n) is 3.93. The van der Waals surface area contributed by atoms with Crippen LogP contribution in [-0.2, 0) is 6.54 Å². The third kappa shape index (κ3) is 5.39. The highest BCUT2D eigenvalue weighted by atomic mass is 16.5. The van der Waals surface area contributed by atoms with E-state index < -0.39 is 0 Å². The van der Waals surface area contributed by atoms with Crippen LogP contribution >= 0.6 is 0 Å². The molecule has 2 amide bonds. The smallest absolute Gasteiger partial charge is 0.318 e. The maximum Gasteiger partial charge on any atom is 0.318 e. The van der Waals surface area contributed by atoms with Gasteiger partial charge < -0.3 is 24.2 Å². The Balaban J connectivity index is 2.25. The second-order valence-electron chi connectivity index (χ2n) is 7.65. The molecule has 0 saturated heterocycles. The van der Waals surface area contributed by atoms with Crippen LogP contribution in [0.4, 0.5) is 4.79 Å². The van der Waals surface area contributed by atoms with Crippen LogP contribution in [0.15, 0.2) is 28.8 Å². The largest absolute Gasteiger partial charge is 0.497 e. The van der Waals surface area contributed by atoms with Crippen molar-refractivity contribution in [2.24, 2.45) is 0 Å². The van der Waals surface area contributed by atoms with E-state index >= 15 is 0 Å². The minimum absolute atomic E-state index is 0.0128. The molecule has 27 heavy (non-hydrogen) atoms. The lowest BCUT2D eigenvalue weighted by Gasteiger charge is -2.30. The highest BCUT2D eigenvalue weighted by Gasteiger charge is 2.23. The van der Waals surface area contributed by atoms with Gasteiger partial charge in [-0.1, -0.05) is 5.16 Å². The van der Waals surface area contributed by atoms with E-state index in [1.807, 2.05) is 58.9 Å². The number of benzene rings is 1. The average Bonchev–Trinajstić information content (AvgIpc) is 3.05. The van der Waals surface area contributed by atoms with Crippen LogP contribution in [-0.4, -0.2) is 41.9 Å². The summed E-state index contributed by atoms with van der Waals surface area (Å²) in [7, 11) is 3.20. The first-order valence-corrected chi connectivity index (χ1v) is 8.91. The van der Waals surface area contributed by atoms with Gasteiger partial charge >= 0.3 is 6.03 Å². The molecule has 0 bridgehead atoms. The standard InChI is InChI=1S/C20H29N3O4/c1-13(2)23(19(24)21-20(3,4)5)12-14-10-18(27-22-14)16-11-15(25-6)8-9-17(16)26-7/h8-11,13H,12H2,1-7H3,(H,21,24). The highest BCUT2D eigenvalue weighted by molar-refractivity contribution is 5.75. The summed E-state index contributed by atoms with van der Waals surface area (Å²) in [6, 6.07) is 7.15. The molecule has 148 valence electrons. The zero-order valence-electron chi connectivity index (χ0n) is 17.1. The second kappa shape index (κ2) is 8.33. The molecule has 2 rings (SSSR count). The van der Waals surface area contributed by atoms with Gasteiger partial charge in [-0.15, -0.1) is 0 Å². The Morgan fingerprint density at radius 3 is 2.48 bits per heavy atom. The summed E-state index contributed by atoms with van der Waals surface area (Å²) in [5, 5.41) is 7.12. The van der Waals surface area contributed by atoms with E-state index in [9.17, 15) is 4.79 Å². The zero-order valence-corrected chi connectivity index (χ0v) is 17.1. The Morgan fingerprint density at radius 2 is 1.93 bits per heavy atom. The summed E-state index contributed by atoms with van der Waals surface area (Å²) in [6.45, 7) is 10.1. The van der Waals surface area contributed by atoms with E-state index in [0.717, 1.165) is 5.56 Å². The second-order valence-corrected chi connectivity index (χ2v) is 7.65. The van der Waals surface area contributed by atoms with Crippen molar-refractivity contribution in [3.8, 4) is 22.8 Å². The Hall–Kier alpha value is -2.70. The summed E-state index contributed by atoms with van der Waals surface area (Å²) in [5.74, 6) is 1.91. The third-order valence-corrected chi connectivity index (χ3v) is 3.93. The van der Waals surface area contributed by atoms with Crippen molar-refractivity contribution in [2.45, 2.75) is 52.7 Å². The minimum atomic E-state index is -0.312. The quantitative estimate of drug-likeness (QED) is 0.823. The van der Waals surface area contributed by atoms with E-state index in [-0.39, 0.29) is 17.6 Å². The fraction of sp³-hybridized carbons (Fsp3) is 0.500. The van der Waals surface area contributed by atoms with Crippen molar-refractivity contribution in [1.82, 2.24) is 15.4 Å². The van der Waals surface area contributed by atoms with Gasteiger partial charge in [0, 0.05) is 17.6 Å². The molecule has 1 heterocycles. The number of aromatic nitrogens is 1. The molecule has 0 aliphatic heterocycles. The highest BCUT2D eigenvalue weighted by Crippen LogP contribution is 2.34. The number of hydrogen-bond acceptors (Lipinski definition) is 5. The van der Waals surface area contributed by atoms with Gasteiger partial charge in [0.15, 0.2) is 5.76 Å². The van der Waals surface area contributed by atoms with Gasteiger partial charge in [0.25, 0.3) is 0 Å². The SMILES string of the molecule is COc1ccc(OC)c(-c2cc(CN(C(=O)NC(C)(C)C)C(C)C)no2)c1. The number of amides is 2. The van der Waals surface area contributed by atoms with Crippen molar-refractivity contribution in [1.29, 1.82) is 0 Å². The van der Waals surface area contributed by atoms with E-state index in [2.05, 4.69) is 10.5 Å². The molecular weight excluding hydrogens is 346 g/mol. The number of methoxy groups -OCH3 is 2. The van der Waals surface area contributed by atoms with Crippen molar-refractivity contribution < 1.29 is 18.8 Å². The summed E-state index contributed by atoms with van der Waals surface area (Å²) < 4.78 is 16.2. The number of rotatable bonds is 6. The fourth-order valence-corrected chi connectivity index (χ4v) is 2.58. The van der Waals surface area contributed by atoms with Crippen molar-refractivity contribution >= 4 is 6.03 Å². The number of ether oxygens (including phenoxy) is 2. The van der Waals surface area contributed by atoms with Gasteiger partial charge in [0.2, 0.25) is 0 Å². The van der Waals surface area contributed by atoms with Crippen molar-refractivity contribution in [3.05, 3.63) is 30.0 Å². The molecule has 0 radical (unpaired) electrons. The summed E-state index contributed by atoms with van der Waals surface area (Å²) in [5.41, 5.74) is 1.09. The predicted octanol–water partition coefficient (Wildman–Crippen LogP) is 4.08. The first kappa shape index (κ1) is 20.6. The van der Waals surface area contributed by atoms with Gasteiger partial charge in [-0.05, 0) is 52.8 Å². The van der Waals surface area contributed by atoms with Crippen LogP contribution in [0.25, 0.3) is 11.3 Å². The fourth-order valence-electron chi connectivity index (χ4n) is 2.58. The molecule has 2 aromatic rings. The maximum atomic E-state index is 12.6. The first-order chi connectivity index (χ1) is 12.6. The average molecular weight is 375 g/mol. The molecular formula is C20H29N3O4. The van der Waals surface area contributed by atoms with E-state index in [1.54, 1.807) is 19.1 Å². The molecule has 0 saturated carbocycles. The number of nitrogens with one attached hydrogen (secondary N) is 1. The van der Waals surface area contributed by atoms with E-state index in [0.29, 0.717) is 29.5 Å². The number of nitrogens with zero attached hydrogens (tertiary/aromatic N) is 2. The molecule has 0 aliphatic rings. The van der Waals surface area contributed by atoms with Crippen LogP contribution in [0.3, 0.4) is 0 Å². The monoisotopic (exact) mass is 375 g/mol. The number of urea groups is 1. The van der Waals surface area contributed by atoms with Crippen molar-refractivity contribution in [2.75, 3.05) is 14.2 Å².